The van der Waals surface area contributed by atoms with Gasteiger partial charge < -0.3 is 20.5 Å². The van der Waals surface area contributed by atoms with Crippen molar-refractivity contribution in [3.05, 3.63) is 0 Å². The van der Waals surface area contributed by atoms with Gasteiger partial charge in [0.15, 0.2) is 0 Å². The Morgan fingerprint density at radius 3 is 1.33 bits per heavy atom. The summed E-state index contributed by atoms with van der Waals surface area (Å²) in [5.74, 6) is 0. The quantitative estimate of drug-likeness (QED) is 0.442. The molecule has 0 aliphatic carbocycles. The molecular weight excluding hydrogens is 235 g/mol. The first-order valence-electron chi connectivity index (χ1n) is 0.612. The van der Waals surface area contributed by atoms with Crippen LogP contribution in [-0.4, -0.2) is 11.6 Å². The van der Waals surface area contributed by atoms with E-state index in [0.717, 1.165) is 0 Å². The summed E-state index contributed by atoms with van der Waals surface area (Å²) < 4.78 is 0. The van der Waals surface area contributed by atoms with Gasteiger partial charge >= 0.3 is 0 Å². The minimum atomic E-state index is -2.33. The minimum Gasteiger partial charge on any atom is -0.652 e. The molecule has 4 nitrogen and oxygen atoms in total. The van der Waals surface area contributed by atoms with Crippen molar-refractivity contribution < 1.29 is 59.1 Å². The third-order valence-electron chi connectivity index (χ3n) is 0. The molecule has 0 bridgehead atoms. The zero-order valence-electron chi connectivity index (χ0n) is 2.56. The Balaban J connectivity index is -0.0000000450. The number of carbonyl (C=O) groups excluding carboxylic acids is 1. The molecule has 0 saturated carbocycles. The van der Waals surface area contributed by atoms with Crippen LogP contribution in [-0.2, 0) is 0 Å². The van der Waals surface area contributed by atoms with Crippen LogP contribution >= 0.6 is 0 Å². The minimum absolute atomic E-state index is 0. The Morgan fingerprint density at radius 2 is 1.33 bits per heavy atom. The molecule has 0 atom stereocenters. The van der Waals surface area contributed by atoms with E-state index in [0.29, 0.717) is 0 Å². The topological polar surface area (TPSA) is 94.7 Å². The second-order valence-corrected chi connectivity index (χ2v) is 0.250. The molecule has 5 heteroatoms. The van der Waals surface area contributed by atoms with Gasteiger partial charge in [0.1, 0.15) is 0 Å². The van der Waals surface area contributed by atoms with Gasteiger partial charge in [0.2, 0.25) is 0 Å². The van der Waals surface area contributed by atoms with Gasteiger partial charge in [0.05, 0.1) is 0 Å². The molecule has 2 N–H and O–H groups in total. The molecule has 6 heavy (non-hydrogen) atoms. The van der Waals surface area contributed by atoms with Crippen molar-refractivity contribution in [3.8, 4) is 0 Å². The predicted molar refractivity (Wildman–Crippen MR) is 9.01 cm³/mol. The van der Waals surface area contributed by atoms with Gasteiger partial charge in [-0.05, 0) is 6.16 Å². The summed E-state index contributed by atoms with van der Waals surface area (Å²) >= 11 is 0. The zero-order valence-corrected chi connectivity index (χ0v) is 4.70. The number of hydrogen-bond donors (Lipinski definition) is 0. The van der Waals surface area contributed by atoms with E-state index in [1.807, 2.05) is 0 Å². The van der Waals surface area contributed by atoms with Crippen molar-refractivity contribution in [2.75, 3.05) is 0 Å². The molecule has 0 aliphatic heterocycles. The van der Waals surface area contributed by atoms with Gasteiger partial charge in [-0.15, -0.1) is 0 Å². The Kier molecular flexibility index (Phi) is 24.3. The van der Waals surface area contributed by atoms with Crippen LogP contribution in [0.4, 0.5) is 4.79 Å². The maximum Gasteiger partial charge on any atom is 0 e. The van der Waals surface area contributed by atoms with Gasteiger partial charge in [-0.3, -0.25) is 0 Å². The first-order chi connectivity index (χ1) is 1.73. The second kappa shape index (κ2) is 9.10. The summed E-state index contributed by atoms with van der Waals surface area (Å²) in [5.41, 5.74) is 0. The standard InChI is InChI=1S/CH2O3.H2O.Tb/c2-1(3)4;;/h(H2,2,3,4);1H2;/p-2. The molecule has 0 saturated heterocycles. The van der Waals surface area contributed by atoms with Crippen molar-refractivity contribution in [2.24, 2.45) is 0 Å². The first kappa shape index (κ1) is 16.0. The van der Waals surface area contributed by atoms with E-state index in [4.69, 9.17) is 15.0 Å². The van der Waals surface area contributed by atoms with Gasteiger partial charge in [-0.1, -0.05) is 0 Å². The summed E-state index contributed by atoms with van der Waals surface area (Å²) in [5, 5.41) is 16.7. The van der Waals surface area contributed by atoms with Crippen molar-refractivity contribution >= 4 is 6.16 Å². The van der Waals surface area contributed by atoms with E-state index in [1.54, 1.807) is 0 Å². The maximum absolute atomic E-state index is 8.33. The Hall–Kier alpha value is 0.516. The average Bonchev–Trinajstić information content (AvgIpc) is 0.811. The van der Waals surface area contributed by atoms with Gasteiger partial charge in [-0.2, -0.15) is 0 Å². The van der Waals surface area contributed by atoms with E-state index < -0.39 is 6.16 Å². The van der Waals surface area contributed by atoms with Gasteiger partial charge in [-0.25, -0.2) is 0 Å². The first-order valence-corrected chi connectivity index (χ1v) is 0.612. The number of rotatable bonds is 0. The van der Waals surface area contributed by atoms with Crippen LogP contribution in [0.15, 0.2) is 0 Å². The van der Waals surface area contributed by atoms with Crippen molar-refractivity contribution in [1.29, 1.82) is 0 Å². The SMILES string of the molecule is O.O=C([O-])[O-].[Tb]. The van der Waals surface area contributed by atoms with Crippen molar-refractivity contribution in [2.45, 2.75) is 0 Å². The van der Waals surface area contributed by atoms with E-state index in [2.05, 4.69) is 0 Å². The molecule has 41 valence electrons. The van der Waals surface area contributed by atoms with Crippen LogP contribution in [0.1, 0.15) is 0 Å². The fourth-order valence-corrected chi connectivity index (χ4v) is 0. The Bertz CT molecular complexity index is 30.5. The van der Waals surface area contributed by atoms with E-state index in [1.165, 1.54) is 0 Å². The van der Waals surface area contributed by atoms with Crippen molar-refractivity contribution in [3.63, 3.8) is 0 Å². The van der Waals surface area contributed by atoms with E-state index in [-0.39, 0.29) is 44.1 Å². The maximum atomic E-state index is 8.33. The molecule has 0 fully saturated rings. The number of hydrogen-bond acceptors (Lipinski definition) is 3. The Morgan fingerprint density at radius 1 is 1.33 bits per heavy atom. The summed E-state index contributed by atoms with van der Waals surface area (Å²) in [6.45, 7) is 0. The van der Waals surface area contributed by atoms with Gasteiger partial charge in [0.25, 0.3) is 0 Å². The largest absolute Gasteiger partial charge is 0.652 e. The molecule has 0 unspecified atom stereocenters. The third kappa shape index (κ3) is 210. The van der Waals surface area contributed by atoms with Crippen LogP contribution in [0.25, 0.3) is 0 Å². The summed E-state index contributed by atoms with van der Waals surface area (Å²) in [4.78, 5) is 8.33. The normalized spacial score (nSPS) is 4.00. The van der Waals surface area contributed by atoms with Gasteiger partial charge in [0, 0.05) is 38.6 Å². The van der Waals surface area contributed by atoms with Crippen LogP contribution < -0.4 is 10.2 Å². The summed E-state index contributed by atoms with van der Waals surface area (Å²) in [6, 6.07) is 0. The molecule has 0 amide bonds. The monoisotopic (exact) mass is 237 g/mol. The Labute approximate surface area is 64.9 Å². The molecule has 0 aromatic carbocycles. The molecule has 0 aromatic rings. The summed E-state index contributed by atoms with van der Waals surface area (Å²) in [7, 11) is 0. The molecule has 0 aliphatic rings. The predicted octanol–water partition coefficient (Wildman–Crippen LogP) is -3.27. The van der Waals surface area contributed by atoms with E-state index >= 15 is 0 Å². The number of carboxylic acid groups (broad SMARTS) is 2. The van der Waals surface area contributed by atoms with E-state index in [9.17, 15) is 0 Å². The molecule has 0 spiro atoms. The number of carbonyl (C=O) groups is 1. The third-order valence-corrected chi connectivity index (χ3v) is 0. The van der Waals surface area contributed by atoms with Crippen LogP contribution in [0, 0.1) is 38.6 Å². The van der Waals surface area contributed by atoms with Crippen molar-refractivity contribution in [1.82, 2.24) is 0 Å². The molecule has 0 rings (SSSR count). The smallest absolute Gasteiger partial charge is 0 e. The molecule has 1 radical (unpaired) electrons. The second-order valence-electron chi connectivity index (χ2n) is 0.250. The molecular formula is CH2O4Tb-2. The molecule has 0 heterocycles. The summed E-state index contributed by atoms with van der Waals surface area (Å²) in [6.07, 6.45) is -2.33. The fourth-order valence-electron chi connectivity index (χ4n) is 0. The zero-order chi connectivity index (χ0) is 3.58. The fraction of sp³-hybridized carbons (Fsp3) is 0. The van der Waals surface area contributed by atoms with Crippen LogP contribution in [0.3, 0.4) is 0 Å². The average molecular weight is 237 g/mol. The van der Waals surface area contributed by atoms with Crippen LogP contribution in [0.2, 0.25) is 0 Å². The van der Waals surface area contributed by atoms with Crippen LogP contribution in [0.5, 0.6) is 0 Å². The molecule has 0 aromatic heterocycles.